The monoisotopic (exact) mass is 590 g/mol. The summed E-state index contributed by atoms with van der Waals surface area (Å²) in [4.78, 5) is 31.0. The number of aromatic nitrogens is 2. The van der Waals surface area contributed by atoms with Crippen LogP contribution in [-0.2, 0) is 0 Å². The van der Waals surface area contributed by atoms with E-state index >= 15 is 0 Å². The molecular weight excluding hydrogens is 576 g/mol. The Balaban J connectivity index is 1.56. The van der Waals surface area contributed by atoms with Crippen molar-refractivity contribution >= 4 is 54.9 Å². The summed E-state index contributed by atoms with van der Waals surface area (Å²) in [6.45, 7) is 0. The number of carbonyl (C=O) groups excluding carboxylic acids is 1. The zero-order valence-electron chi connectivity index (χ0n) is 18.0. The summed E-state index contributed by atoms with van der Waals surface area (Å²) in [7, 11) is 0. The van der Waals surface area contributed by atoms with Gasteiger partial charge < -0.3 is 4.42 Å². The molecule has 0 saturated carbocycles. The van der Waals surface area contributed by atoms with Crippen LogP contribution in [0.3, 0.4) is 0 Å². The fourth-order valence-electron chi connectivity index (χ4n) is 3.58. The topological polar surface area (TPSA) is 89.5 Å². The lowest BCUT2D eigenvalue weighted by atomic mass is 10.1. The molecule has 0 aliphatic carbocycles. The first-order valence-electron chi connectivity index (χ1n) is 10.5. The molecule has 0 fully saturated rings. The van der Waals surface area contributed by atoms with Crippen molar-refractivity contribution in [3.05, 3.63) is 116 Å². The third-order valence-corrected chi connectivity index (χ3v) is 6.27. The van der Waals surface area contributed by atoms with E-state index in [0.29, 0.717) is 38.2 Å². The zero-order chi connectivity index (χ0) is 24.4. The van der Waals surface area contributed by atoms with Crippen LogP contribution in [0.4, 0.5) is 0 Å². The van der Waals surface area contributed by atoms with Crippen molar-refractivity contribution < 1.29 is 9.21 Å². The second-order valence-corrected chi connectivity index (χ2v) is 9.26. The Morgan fingerprint density at radius 3 is 2.49 bits per heavy atom. The minimum absolute atomic E-state index is 0.226. The molecule has 172 valence electrons. The van der Waals surface area contributed by atoms with Gasteiger partial charge in [0.25, 0.3) is 11.5 Å². The van der Waals surface area contributed by atoms with E-state index in [4.69, 9.17) is 9.40 Å². The van der Waals surface area contributed by atoms with Crippen LogP contribution in [0.1, 0.15) is 16.1 Å². The van der Waals surface area contributed by atoms with Gasteiger partial charge in [-0.15, -0.1) is 0 Å². The largest absolute Gasteiger partial charge is 0.463 e. The van der Waals surface area contributed by atoms with Gasteiger partial charge >= 0.3 is 0 Å². The van der Waals surface area contributed by atoms with Crippen LogP contribution in [0.25, 0.3) is 28.0 Å². The lowest BCUT2D eigenvalue weighted by Crippen LogP contribution is -2.22. The molecular formula is C26H16Br2N4O3. The number of hydrazone groups is 1. The van der Waals surface area contributed by atoms with Gasteiger partial charge in [-0.1, -0.05) is 46.3 Å². The Kier molecular flexibility index (Phi) is 6.43. The number of halogens is 2. The molecule has 9 heteroatoms. The summed E-state index contributed by atoms with van der Waals surface area (Å²) < 4.78 is 8.17. The van der Waals surface area contributed by atoms with E-state index in [1.165, 1.54) is 12.5 Å². The first kappa shape index (κ1) is 22.9. The van der Waals surface area contributed by atoms with Gasteiger partial charge in [-0.05, 0) is 64.5 Å². The van der Waals surface area contributed by atoms with Crippen molar-refractivity contribution in [3.63, 3.8) is 0 Å². The minimum atomic E-state index is -0.389. The molecule has 0 bridgehead atoms. The molecule has 0 spiro atoms. The predicted octanol–water partition coefficient (Wildman–Crippen LogP) is 5.93. The lowest BCUT2D eigenvalue weighted by molar-refractivity contribution is 0.0955. The van der Waals surface area contributed by atoms with Crippen LogP contribution in [0.15, 0.2) is 108 Å². The molecule has 35 heavy (non-hydrogen) atoms. The number of furan rings is 1. The number of nitrogens with one attached hydrogen (secondary N) is 1. The van der Waals surface area contributed by atoms with Gasteiger partial charge in [-0.2, -0.15) is 5.10 Å². The van der Waals surface area contributed by atoms with Gasteiger partial charge in [0.15, 0.2) is 0 Å². The van der Waals surface area contributed by atoms with Crippen LogP contribution in [0, 0.1) is 0 Å². The third kappa shape index (κ3) is 4.73. The Hall–Kier alpha value is -3.82. The van der Waals surface area contributed by atoms with Gasteiger partial charge in [-0.3, -0.25) is 14.2 Å². The predicted molar refractivity (Wildman–Crippen MR) is 142 cm³/mol. The summed E-state index contributed by atoms with van der Waals surface area (Å²) in [6.07, 6.45) is 2.93. The molecule has 1 amide bonds. The SMILES string of the molecule is O=C(N/N=C/c1ccco1)c1ccc(-n2c(-c3ccccc3)nc3c(Br)cc(Br)cc3c2=O)cc1. The zero-order valence-corrected chi connectivity index (χ0v) is 21.2. The molecule has 1 N–H and O–H groups in total. The van der Waals surface area contributed by atoms with E-state index in [-0.39, 0.29) is 11.5 Å². The molecule has 7 nitrogen and oxygen atoms in total. The highest BCUT2D eigenvalue weighted by molar-refractivity contribution is 9.11. The number of carbonyl (C=O) groups is 1. The van der Waals surface area contributed by atoms with Crippen LogP contribution >= 0.6 is 31.9 Å². The maximum Gasteiger partial charge on any atom is 0.271 e. The van der Waals surface area contributed by atoms with Gasteiger partial charge in [0, 0.05) is 20.1 Å². The van der Waals surface area contributed by atoms with Crippen LogP contribution in [0.2, 0.25) is 0 Å². The Morgan fingerprint density at radius 1 is 1.00 bits per heavy atom. The summed E-state index contributed by atoms with van der Waals surface area (Å²) in [5.74, 6) is 0.626. The van der Waals surface area contributed by atoms with E-state index in [9.17, 15) is 9.59 Å². The van der Waals surface area contributed by atoms with Gasteiger partial charge in [0.1, 0.15) is 11.6 Å². The fourth-order valence-corrected chi connectivity index (χ4v) is 4.90. The standard InChI is InChI=1S/C26H16Br2N4O3/c27-18-13-21-23(22(28)14-18)30-24(16-5-2-1-3-6-16)32(26(21)34)19-10-8-17(9-11-19)25(33)31-29-15-20-7-4-12-35-20/h1-15H,(H,31,33)/b29-15+. The summed E-state index contributed by atoms with van der Waals surface area (Å²) in [5, 5.41) is 4.36. The second kappa shape index (κ2) is 9.81. The molecule has 0 saturated heterocycles. The number of hydrogen-bond acceptors (Lipinski definition) is 5. The molecule has 0 aliphatic rings. The summed E-state index contributed by atoms with van der Waals surface area (Å²) >= 11 is 6.98. The van der Waals surface area contributed by atoms with Crippen molar-refractivity contribution in [2.75, 3.05) is 0 Å². The average molecular weight is 592 g/mol. The summed E-state index contributed by atoms with van der Waals surface area (Å²) in [6, 6.07) is 23.2. The number of fused-ring (bicyclic) bond motifs is 1. The molecule has 2 heterocycles. The lowest BCUT2D eigenvalue weighted by Gasteiger charge is -2.15. The highest BCUT2D eigenvalue weighted by atomic mass is 79.9. The number of benzene rings is 3. The number of amides is 1. The van der Waals surface area contributed by atoms with Crippen molar-refractivity contribution in [2.24, 2.45) is 5.10 Å². The Bertz CT molecular complexity index is 1610. The molecule has 2 aromatic heterocycles. The normalized spacial score (nSPS) is 11.3. The van der Waals surface area contributed by atoms with Crippen LogP contribution < -0.4 is 11.0 Å². The number of nitrogens with zero attached hydrogens (tertiary/aromatic N) is 3. The minimum Gasteiger partial charge on any atom is -0.463 e. The van der Waals surface area contributed by atoms with Crippen molar-refractivity contribution in [2.45, 2.75) is 0 Å². The van der Waals surface area contributed by atoms with Gasteiger partial charge in [-0.25, -0.2) is 10.4 Å². The highest BCUT2D eigenvalue weighted by Gasteiger charge is 2.17. The molecule has 0 atom stereocenters. The molecule has 0 unspecified atom stereocenters. The molecule has 0 radical (unpaired) electrons. The van der Waals surface area contributed by atoms with Crippen molar-refractivity contribution in [1.29, 1.82) is 0 Å². The van der Waals surface area contributed by atoms with E-state index in [1.807, 2.05) is 36.4 Å². The molecule has 3 aromatic carbocycles. The maximum absolute atomic E-state index is 13.7. The smallest absolute Gasteiger partial charge is 0.271 e. The number of rotatable bonds is 5. The van der Waals surface area contributed by atoms with Crippen LogP contribution in [0.5, 0.6) is 0 Å². The van der Waals surface area contributed by atoms with E-state index in [2.05, 4.69) is 42.4 Å². The van der Waals surface area contributed by atoms with Crippen molar-refractivity contribution in [3.8, 4) is 17.1 Å². The third-order valence-electron chi connectivity index (χ3n) is 5.21. The van der Waals surface area contributed by atoms with Gasteiger partial charge in [0.05, 0.1) is 29.1 Å². The second-order valence-electron chi connectivity index (χ2n) is 7.49. The first-order chi connectivity index (χ1) is 17.0. The highest BCUT2D eigenvalue weighted by Crippen LogP contribution is 2.29. The molecule has 0 aliphatic heterocycles. The Labute approximate surface area is 216 Å². The van der Waals surface area contributed by atoms with E-state index in [0.717, 1.165) is 10.0 Å². The first-order valence-corrected chi connectivity index (χ1v) is 12.0. The summed E-state index contributed by atoms with van der Waals surface area (Å²) in [5.41, 5.74) is 4.56. The van der Waals surface area contributed by atoms with E-state index in [1.54, 1.807) is 47.0 Å². The van der Waals surface area contributed by atoms with Crippen LogP contribution in [-0.4, -0.2) is 21.7 Å². The van der Waals surface area contributed by atoms with E-state index < -0.39 is 0 Å². The Morgan fingerprint density at radius 2 is 1.77 bits per heavy atom. The average Bonchev–Trinajstić information content (AvgIpc) is 3.39. The van der Waals surface area contributed by atoms with Crippen molar-refractivity contribution in [1.82, 2.24) is 15.0 Å². The fraction of sp³-hybridized carbons (Fsp3) is 0. The number of hydrogen-bond donors (Lipinski definition) is 1. The maximum atomic E-state index is 13.7. The quantitative estimate of drug-likeness (QED) is 0.202. The van der Waals surface area contributed by atoms with Gasteiger partial charge in [0.2, 0.25) is 0 Å². The molecule has 5 aromatic rings. The molecule has 5 rings (SSSR count).